The summed E-state index contributed by atoms with van der Waals surface area (Å²) in [4.78, 5) is 24.1. The Hall–Kier alpha value is -1.88. The minimum atomic E-state index is -0.0911. The Morgan fingerprint density at radius 2 is 2.22 bits per heavy atom. The normalized spacial score (nSPS) is 10.3. The predicted molar refractivity (Wildman–Crippen MR) is 73.0 cm³/mol. The van der Waals surface area contributed by atoms with Gasteiger partial charge in [0.2, 0.25) is 11.5 Å². The molecular weight excluding hydrogens is 248 g/mol. The Kier molecular flexibility index (Phi) is 3.94. The van der Waals surface area contributed by atoms with Crippen LogP contribution < -0.4 is 10.9 Å². The number of anilines is 1. The van der Waals surface area contributed by atoms with Crippen LogP contribution in [0.5, 0.6) is 0 Å². The lowest BCUT2D eigenvalue weighted by Gasteiger charge is -2.05. The summed E-state index contributed by atoms with van der Waals surface area (Å²) in [6, 6.07) is 7.05. The maximum absolute atomic E-state index is 11.7. The van der Waals surface area contributed by atoms with Crippen molar-refractivity contribution >= 4 is 22.9 Å². The van der Waals surface area contributed by atoms with Crippen LogP contribution in [0.3, 0.4) is 0 Å². The van der Waals surface area contributed by atoms with Gasteiger partial charge in [-0.3, -0.25) is 9.59 Å². The topological polar surface area (TPSA) is 51.1 Å². The Bertz CT molecular complexity index is 587. The van der Waals surface area contributed by atoms with Crippen molar-refractivity contribution in [2.24, 2.45) is 7.05 Å². The van der Waals surface area contributed by atoms with Crippen molar-refractivity contribution in [2.75, 3.05) is 5.32 Å². The highest BCUT2D eigenvalue weighted by Gasteiger charge is 2.04. The van der Waals surface area contributed by atoms with Gasteiger partial charge in [0.1, 0.15) is 0 Å². The maximum atomic E-state index is 11.7. The van der Waals surface area contributed by atoms with Gasteiger partial charge in [-0.05, 0) is 23.9 Å². The van der Waals surface area contributed by atoms with Crippen LogP contribution in [-0.4, -0.2) is 10.5 Å². The molecule has 1 amide bonds. The van der Waals surface area contributed by atoms with Gasteiger partial charge < -0.3 is 9.88 Å². The number of thiophene rings is 1. The summed E-state index contributed by atoms with van der Waals surface area (Å²) in [5.74, 6) is -0.0398. The molecule has 2 rings (SSSR count). The number of carbonyl (C=O) groups excluding carboxylic acids is 1. The number of hydrogen-bond acceptors (Lipinski definition) is 3. The smallest absolute Gasteiger partial charge is 0.250 e. The molecule has 4 nitrogen and oxygen atoms in total. The zero-order valence-corrected chi connectivity index (χ0v) is 10.9. The van der Waals surface area contributed by atoms with Crippen LogP contribution in [-0.2, 0) is 18.3 Å². The fourth-order valence-corrected chi connectivity index (χ4v) is 2.29. The minimum absolute atomic E-state index is 0.0398. The van der Waals surface area contributed by atoms with Gasteiger partial charge in [-0.25, -0.2) is 0 Å². The Balaban J connectivity index is 1.90. The van der Waals surface area contributed by atoms with Crippen molar-refractivity contribution in [3.8, 4) is 0 Å². The second-order valence-corrected chi connectivity index (χ2v) is 5.03. The summed E-state index contributed by atoms with van der Waals surface area (Å²) >= 11 is 1.65. The number of pyridine rings is 1. The first-order valence-electron chi connectivity index (χ1n) is 5.64. The number of rotatable bonds is 4. The number of nitrogens with zero attached hydrogens (tertiary/aromatic N) is 1. The van der Waals surface area contributed by atoms with Crippen LogP contribution in [0, 0.1) is 0 Å². The van der Waals surface area contributed by atoms with E-state index in [0.29, 0.717) is 12.1 Å². The third-order valence-electron chi connectivity index (χ3n) is 2.55. The highest BCUT2D eigenvalue weighted by Crippen LogP contribution is 2.11. The van der Waals surface area contributed by atoms with E-state index in [9.17, 15) is 9.59 Å². The molecule has 0 fully saturated rings. The van der Waals surface area contributed by atoms with Gasteiger partial charge in [0, 0.05) is 30.6 Å². The van der Waals surface area contributed by atoms with Gasteiger partial charge in [0.05, 0.1) is 5.69 Å². The number of aryl methyl sites for hydroxylation is 2. The third kappa shape index (κ3) is 3.30. The number of aromatic nitrogens is 1. The van der Waals surface area contributed by atoms with E-state index in [-0.39, 0.29) is 11.5 Å². The minimum Gasteiger partial charge on any atom is -0.325 e. The van der Waals surface area contributed by atoms with Gasteiger partial charge in [-0.2, -0.15) is 0 Å². The first kappa shape index (κ1) is 12.6. The van der Waals surface area contributed by atoms with E-state index < -0.39 is 0 Å². The fourth-order valence-electron chi connectivity index (χ4n) is 1.58. The molecule has 0 aromatic carbocycles. The Morgan fingerprint density at radius 3 is 2.89 bits per heavy atom. The molecule has 2 aromatic heterocycles. The Morgan fingerprint density at radius 1 is 1.39 bits per heavy atom. The molecule has 0 aliphatic heterocycles. The lowest BCUT2D eigenvalue weighted by Crippen LogP contribution is -2.18. The molecule has 94 valence electrons. The molecule has 1 N–H and O–H groups in total. The lowest BCUT2D eigenvalue weighted by molar-refractivity contribution is -0.116. The quantitative estimate of drug-likeness (QED) is 0.916. The SMILES string of the molecule is Cn1cc(NC(=O)CCc2cccs2)ccc1=O. The first-order valence-corrected chi connectivity index (χ1v) is 6.52. The first-order chi connectivity index (χ1) is 8.65. The van der Waals surface area contributed by atoms with E-state index in [1.165, 1.54) is 15.5 Å². The van der Waals surface area contributed by atoms with Gasteiger partial charge >= 0.3 is 0 Å². The van der Waals surface area contributed by atoms with Gasteiger partial charge in [0.15, 0.2) is 0 Å². The number of amides is 1. The molecule has 0 aliphatic carbocycles. The molecule has 0 atom stereocenters. The van der Waals surface area contributed by atoms with Crippen molar-refractivity contribution in [3.05, 3.63) is 51.1 Å². The highest BCUT2D eigenvalue weighted by molar-refractivity contribution is 7.09. The molecule has 0 radical (unpaired) electrons. The standard InChI is InChI=1S/C13H14N2O2S/c1-15-9-10(4-7-13(15)17)14-12(16)6-5-11-3-2-8-18-11/h2-4,7-9H,5-6H2,1H3,(H,14,16). The van der Waals surface area contributed by atoms with Crippen molar-refractivity contribution in [1.82, 2.24) is 4.57 Å². The molecule has 0 aliphatic rings. The number of carbonyl (C=O) groups is 1. The van der Waals surface area contributed by atoms with E-state index in [4.69, 9.17) is 0 Å². The molecule has 18 heavy (non-hydrogen) atoms. The molecule has 0 unspecified atom stereocenters. The zero-order valence-electron chi connectivity index (χ0n) is 10.1. The number of hydrogen-bond donors (Lipinski definition) is 1. The van der Waals surface area contributed by atoms with Crippen molar-refractivity contribution in [3.63, 3.8) is 0 Å². The average Bonchev–Trinajstić information content (AvgIpc) is 2.84. The molecule has 2 aromatic rings. The van der Waals surface area contributed by atoms with Crippen LogP contribution >= 0.6 is 11.3 Å². The monoisotopic (exact) mass is 262 g/mol. The van der Waals surface area contributed by atoms with E-state index in [1.807, 2.05) is 17.5 Å². The molecular formula is C13H14N2O2S. The summed E-state index contributed by atoms with van der Waals surface area (Å²) in [5.41, 5.74) is 0.555. The molecule has 5 heteroatoms. The maximum Gasteiger partial charge on any atom is 0.250 e. The van der Waals surface area contributed by atoms with Crippen LogP contribution in [0.4, 0.5) is 5.69 Å². The second-order valence-electron chi connectivity index (χ2n) is 3.99. The van der Waals surface area contributed by atoms with Crippen molar-refractivity contribution in [2.45, 2.75) is 12.8 Å². The highest BCUT2D eigenvalue weighted by atomic mass is 32.1. The Labute approximate surface area is 109 Å². The van der Waals surface area contributed by atoms with Crippen LogP contribution in [0.1, 0.15) is 11.3 Å². The summed E-state index contributed by atoms with van der Waals surface area (Å²) in [7, 11) is 1.66. The van der Waals surface area contributed by atoms with Gasteiger partial charge in [0.25, 0.3) is 0 Å². The van der Waals surface area contributed by atoms with Crippen LogP contribution in [0.15, 0.2) is 40.6 Å². The van der Waals surface area contributed by atoms with E-state index >= 15 is 0 Å². The predicted octanol–water partition coefficient (Wildman–Crippen LogP) is 2.02. The summed E-state index contributed by atoms with van der Waals surface area (Å²) in [5, 5.41) is 4.78. The zero-order chi connectivity index (χ0) is 13.0. The molecule has 0 spiro atoms. The summed E-state index contributed by atoms with van der Waals surface area (Å²) in [6.45, 7) is 0. The van der Waals surface area contributed by atoms with Gasteiger partial charge in [-0.15, -0.1) is 11.3 Å². The van der Waals surface area contributed by atoms with Crippen LogP contribution in [0.25, 0.3) is 0 Å². The van der Waals surface area contributed by atoms with Crippen molar-refractivity contribution < 1.29 is 4.79 Å². The van der Waals surface area contributed by atoms with E-state index in [2.05, 4.69) is 5.32 Å². The molecule has 0 bridgehead atoms. The van der Waals surface area contributed by atoms with Crippen molar-refractivity contribution in [1.29, 1.82) is 0 Å². The molecule has 0 saturated heterocycles. The second kappa shape index (κ2) is 5.64. The summed E-state index contributed by atoms with van der Waals surface area (Å²) < 4.78 is 1.44. The summed E-state index contributed by atoms with van der Waals surface area (Å²) in [6.07, 6.45) is 2.81. The number of nitrogens with one attached hydrogen (secondary N) is 1. The third-order valence-corrected chi connectivity index (χ3v) is 3.48. The fraction of sp³-hybridized carbons (Fsp3) is 0.231. The van der Waals surface area contributed by atoms with E-state index in [0.717, 1.165) is 6.42 Å². The largest absolute Gasteiger partial charge is 0.325 e. The molecule has 2 heterocycles. The molecule has 0 saturated carbocycles. The average molecular weight is 262 g/mol. The van der Waals surface area contributed by atoms with Crippen LogP contribution in [0.2, 0.25) is 0 Å². The van der Waals surface area contributed by atoms with E-state index in [1.54, 1.807) is 30.6 Å². The van der Waals surface area contributed by atoms with Gasteiger partial charge in [-0.1, -0.05) is 6.07 Å². The lowest BCUT2D eigenvalue weighted by atomic mass is 10.2.